The Morgan fingerprint density at radius 2 is 2.00 bits per heavy atom. The van der Waals surface area contributed by atoms with Gasteiger partial charge in [0.05, 0.1) is 6.61 Å². The van der Waals surface area contributed by atoms with Gasteiger partial charge in [-0.15, -0.1) is 11.8 Å². The lowest BCUT2D eigenvalue weighted by Gasteiger charge is -2.32. The van der Waals surface area contributed by atoms with E-state index in [0.717, 1.165) is 38.0 Å². The first-order chi connectivity index (χ1) is 10.1. The normalized spacial score (nSPS) is 14.1. The van der Waals surface area contributed by atoms with Crippen LogP contribution in [0.2, 0.25) is 0 Å². The number of aryl methyl sites for hydroxylation is 2. The lowest BCUT2D eigenvalue weighted by Crippen LogP contribution is -2.48. The van der Waals surface area contributed by atoms with Crippen molar-refractivity contribution in [2.45, 2.75) is 63.8 Å². The molecule has 0 aromatic heterocycles. The standard InChI is InChI=1S/C18H31NOS/c1-5-11-19-18(6-2,14-20)10-7-12-21-17-9-8-15(3)13-16(17)4/h8-9,13,19-20H,5-7,10-12,14H2,1-4H3. The second kappa shape index (κ2) is 9.50. The first kappa shape index (κ1) is 18.5. The zero-order valence-corrected chi connectivity index (χ0v) is 14.9. The molecule has 2 N–H and O–H groups in total. The Hall–Kier alpha value is -0.510. The molecule has 3 heteroatoms. The van der Waals surface area contributed by atoms with E-state index in [2.05, 4.69) is 51.2 Å². The third-order valence-corrected chi connectivity index (χ3v) is 5.38. The smallest absolute Gasteiger partial charge is 0.0613 e. The van der Waals surface area contributed by atoms with Gasteiger partial charge in [-0.05, 0) is 63.5 Å². The number of rotatable bonds is 10. The lowest BCUT2D eigenvalue weighted by molar-refractivity contribution is 0.146. The SMILES string of the molecule is CCCNC(CC)(CO)CCCSc1ccc(C)cc1C. The average molecular weight is 310 g/mol. The van der Waals surface area contributed by atoms with E-state index in [9.17, 15) is 5.11 Å². The van der Waals surface area contributed by atoms with Crippen molar-refractivity contribution in [3.8, 4) is 0 Å². The zero-order chi connectivity index (χ0) is 15.7. The van der Waals surface area contributed by atoms with Crippen LogP contribution in [-0.4, -0.2) is 29.5 Å². The van der Waals surface area contributed by atoms with Crippen molar-refractivity contribution in [1.82, 2.24) is 5.32 Å². The Morgan fingerprint density at radius 1 is 1.24 bits per heavy atom. The van der Waals surface area contributed by atoms with Crippen LogP contribution in [0.4, 0.5) is 0 Å². The fourth-order valence-corrected chi connectivity index (χ4v) is 3.54. The largest absolute Gasteiger partial charge is 0.394 e. The third kappa shape index (κ3) is 6.01. The van der Waals surface area contributed by atoms with Gasteiger partial charge in [0.15, 0.2) is 0 Å². The predicted molar refractivity (Wildman–Crippen MR) is 94.3 cm³/mol. The third-order valence-electron chi connectivity index (χ3n) is 4.12. The molecule has 0 bridgehead atoms. The highest BCUT2D eigenvalue weighted by Gasteiger charge is 2.25. The van der Waals surface area contributed by atoms with Crippen LogP contribution < -0.4 is 5.32 Å². The number of nitrogens with one attached hydrogen (secondary N) is 1. The molecule has 0 heterocycles. The van der Waals surface area contributed by atoms with E-state index in [1.54, 1.807) is 0 Å². The molecule has 2 nitrogen and oxygen atoms in total. The van der Waals surface area contributed by atoms with Crippen LogP contribution in [0.25, 0.3) is 0 Å². The topological polar surface area (TPSA) is 32.3 Å². The molecule has 1 rings (SSSR count). The molecule has 120 valence electrons. The van der Waals surface area contributed by atoms with Crippen molar-refractivity contribution in [2.24, 2.45) is 0 Å². The first-order valence-corrected chi connectivity index (χ1v) is 9.11. The molecule has 0 aliphatic heterocycles. The summed E-state index contributed by atoms with van der Waals surface area (Å²) in [4.78, 5) is 1.38. The fraction of sp³-hybridized carbons (Fsp3) is 0.667. The Kier molecular flexibility index (Phi) is 8.38. The molecule has 0 fully saturated rings. The first-order valence-electron chi connectivity index (χ1n) is 8.13. The summed E-state index contributed by atoms with van der Waals surface area (Å²) in [6, 6.07) is 6.65. The van der Waals surface area contributed by atoms with E-state index in [-0.39, 0.29) is 12.1 Å². The van der Waals surface area contributed by atoms with Gasteiger partial charge in [-0.2, -0.15) is 0 Å². The van der Waals surface area contributed by atoms with Gasteiger partial charge in [-0.3, -0.25) is 0 Å². The molecular weight excluding hydrogens is 278 g/mol. The average Bonchev–Trinajstić information content (AvgIpc) is 2.49. The zero-order valence-electron chi connectivity index (χ0n) is 14.0. The van der Waals surface area contributed by atoms with Crippen molar-refractivity contribution in [3.63, 3.8) is 0 Å². The molecule has 1 aromatic rings. The summed E-state index contributed by atoms with van der Waals surface area (Å²) in [5.41, 5.74) is 2.61. The molecular formula is C18H31NOS. The van der Waals surface area contributed by atoms with E-state index < -0.39 is 0 Å². The number of hydrogen-bond donors (Lipinski definition) is 2. The van der Waals surface area contributed by atoms with E-state index >= 15 is 0 Å². The van der Waals surface area contributed by atoms with Crippen molar-refractivity contribution in [2.75, 3.05) is 18.9 Å². The van der Waals surface area contributed by atoms with E-state index in [0.29, 0.717) is 0 Å². The summed E-state index contributed by atoms with van der Waals surface area (Å²) in [6.45, 7) is 9.87. The van der Waals surface area contributed by atoms with Crippen LogP contribution in [0.5, 0.6) is 0 Å². The van der Waals surface area contributed by atoms with Crippen LogP contribution in [0.1, 0.15) is 50.7 Å². The van der Waals surface area contributed by atoms with Gasteiger partial charge >= 0.3 is 0 Å². The molecule has 1 aromatic carbocycles. The van der Waals surface area contributed by atoms with Crippen LogP contribution >= 0.6 is 11.8 Å². The maximum atomic E-state index is 9.72. The van der Waals surface area contributed by atoms with Crippen molar-refractivity contribution < 1.29 is 5.11 Å². The lowest BCUT2D eigenvalue weighted by atomic mass is 9.91. The van der Waals surface area contributed by atoms with Gasteiger partial charge < -0.3 is 10.4 Å². The van der Waals surface area contributed by atoms with Gasteiger partial charge in [0.25, 0.3) is 0 Å². The number of hydrogen-bond acceptors (Lipinski definition) is 3. The minimum absolute atomic E-state index is 0.0844. The Morgan fingerprint density at radius 3 is 2.57 bits per heavy atom. The van der Waals surface area contributed by atoms with Gasteiger partial charge in [0, 0.05) is 10.4 Å². The molecule has 0 saturated carbocycles. The predicted octanol–water partition coefficient (Wildman–Crippen LogP) is 4.32. The van der Waals surface area contributed by atoms with Gasteiger partial charge in [-0.25, -0.2) is 0 Å². The van der Waals surface area contributed by atoms with Crippen molar-refractivity contribution >= 4 is 11.8 Å². The number of aliphatic hydroxyl groups is 1. The van der Waals surface area contributed by atoms with E-state index in [1.165, 1.54) is 16.0 Å². The second-order valence-electron chi connectivity index (χ2n) is 5.94. The summed E-state index contributed by atoms with van der Waals surface area (Å²) in [5.74, 6) is 1.11. The Labute approximate surface area is 134 Å². The summed E-state index contributed by atoms with van der Waals surface area (Å²) in [5, 5.41) is 13.3. The number of benzene rings is 1. The minimum atomic E-state index is -0.0844. The Bertz CT molecular complexity index is 416. The molecule has 21 heavy (non-hydrogen) atoms. The highest BCUT2D eigenvalue weighted by atomic mass is 32.2. The maximum absolute atomic E-state index is 9.72. The quantitative estimate of drug-likeness (QED) is 0.499. The highest BCUT2D eigenvalue weighted by Crippen LogP contribution is 2.26. The number of aliphatic hydroxyl groups excluding tert-OH is 1. The Balaban J connectivity index is 2.43. The van der Waals surface area contributed by atoms with E-state index in [1.807, 2.05) is 11.8 Å². The monoisotopic (exact) mass is 309 g/mol. The minimum Gasteiger partial charge on any atom is -0.394 e. The number of thioether (sulfide) groups is 1. The molecule has 0 amide bonds. The summed E-state index contributed by atoms with van der Waals surface area (Å²) in [6.07, 6.45) is 4.26. The molecule has 1 atom stereocenters. The van der Waals surface area contributed by atoms with Gasteiger partial charge in [-0.1, -0.05) is 31.5 Å². The van der Waals surface area contributed by atoms with Crippen molar-refractivity contribution in [1.29, 1.82) is 0 Å². The van der Waals surface area contributed by atoms with Crippen LogP contribution in [0, 0.1) is 13.8 Å². The molecule has 0 radical (unpaired) electrons. The fourth-order valence-electron chi connectivity index (χ4n) is 2.58. The van der Waals surface area contributed by atoms with Gasteiger partial charge in [0.2, 0.25) is 0 Å². The molecule has 0 aliphatic rings. The van der Waals surface area contributed by atoms with Crippen LogP contribution in [0.3, 0.4) is 0 Å². The molecule has 0 saturated heterocycles. The summed E-state index contributed by atoms with van der Waals surface area (Å²) < 4.78 is 0. The van der Waals surface area contributed by atoms with Crippen molar-refractivity contribution in [3.05, 3.63) is 29.3 Å². The maximum Gasteiger partial charge on any atom is 0.0613 e. The summed E-state index contributed by atoms with van der Waals surface area (Å²) in [7, 11) is 0. The highest BCUT2D eigenvalue weighted by molar-refractivity contribution is 7.99. The molecule has 0 aliphatic carbocycles. The second-order valence-corrected chi connectivity index (χ2v) is 7.08. The van der Waals surface area contributed by atoms with E-state index in [4.69, 9.17) is 0 Å². The van der Waals surface area contributed by atoms with Crippen LogP contribution in [-0.2, 0) is 0 Å². The van der Waals surface area contributed by atoms with Gasteiger partial charge in [0.1, 0.15) is 0 Å². The molecule has 1 unspecified atom stereocenters. The summed E-state index contributed by atoms with van der Waals surface area (Å²) >= 11 is 1.93. The van der Waals surface area contributed by atoms with Crippen LogP contribution in [0.15, 0.2) is 23.1 Å². The molecule has 0 spiro atoms.